The van der Waals surface area contributed by atoms with Gasteiger partial charge in [0.25, 0.3) is 0 Å². The smallest absolute Gasteiger partial charge is 0.375 e. The van der Waals surface area contributed by atoms with Crippen LogP contribution in [0.5, 0.6) is 5.75 Å². The second-order valence-electron chi connectivity index (χ2n) is 3.99. The van der Waals surface area contributed by atoms with Crippen LogP contribution in [0.1, 0.15) is 0 Å². The Morgan fingerprint density at radius 3 is 2.10 bits per heavy atom. The molecule has 0 saturated carbocycles. The molecular weight excluding hydrogens is 420 g/mol. The van der Waals surface area contributed by atoms with Gasteiger partial charge in [-0.3, -0.25) is 0 Å². The molecule has 0 radical (unpaired) electrons. The molecule has 0 aromatic heterocycles. The van der Waals surface area contributed by atoms with E-state index >= 15 is 0 Å². The van der Waals surface area contributed by atoms with Crippen molar-refractivity contribution in [2.75, 3.05) is 0 Å². The molecule has 112 valence electrons. The van der Waals surface area contributed by atoms with Crippen LogP contribution in [-0.4, -0.2) is 13.9 Å². The van der Waals surface area contributed by atoms with E-state index in [0.717, 1.165) is 3.57 Å². The molecule has 0 saturated heterocycles. The van der Waals surface area contributed by atoms with Crippen molar-refractivity contribution >= 4 is 32.7 Å². The van der Waals surface area contributed by atoms with Crippen molar-refractivity contribution in [1.29, 1.82) is 0 Å². The summed E-state index contributed by atoms with van der Waals surface area (Å²) in [4.78, 5) is 0. The molecule has 0 unspecified atom stereocenters. The number of para-hydroxylation sites is 1. The predicted octanol–water partition coefficient (Wildman–Crippen LogP) is 4.19. The second kappa shape index (κ2) is 5.84. The summed E-state index contributed by atoms with van der Waals surface area (Å²) in [6, 6.07) is 12.5. The maximum Gasteiger partial charge on any atom is 0.534 e. The van der Waals surface area contributed by atoms with E-state index in [4.69, 9.17) is 0 Å². The number of rotatable bonds is 3. The number of hydrogen-bond acceptors (Lipinski definition) is 3. The van der Waals surface area contributed by atoms with E-state index in [9.17, 15) is 21.6 Å². The van der Waals surface area contributed by atoms with E-state index in [-0.39, 0.29) is 11.3 Å². The third kappa shape index (κ3) is 3.67. The minimum atomic E-state index is -5.69. The molecule has 0 aliphatic rings. The lowest BCUT2D eigenvalue weighted by atomic mass is 10.1. The van der Waals surface area contributed by atoms with E-state index in [0.29, 0.717) is 5.56 Å². The fourth-order valence-corrected chi connectivity index (χ4v) is 2.41. The highest BCUT2D eigenvalue weighted by Gasteiger charge is 2.48. The largest absolute Gasteiger partial charge is 0.534 e. The third-order valence-corrected chi connectivity index (χ3v) is 4.21. The number of halogens is 4. The Balaban J connectivity index is 2.45. The van der Waals surface area contributed by atoms with Crippen molar-refractivity contribution in [2.24, 2.45) is 0 Å². The number of alkyl halides is 3. The topological polar surface area (TPSA) is 43.4 Å². The number of benzene rings is 2. The fraction of sp³-hybridized carbons (Fsp3) is 0.0769. The summed E-state index contributed by atoms with van der Waals surface area (Å²) >= 11 is 2.08. The van der Waals surface area contributed by atoms with Crippen LogP contribution in [0.2, 0.25) is 0 Å². The molecule has 0 atom stereocenters. The van der Waals surface area contributed by atoms with Gasteiger partial charge in [0.05, 0.1) is 0 Å². The first kappa shape index (κ1) is 16.1. The summed E-state index contributed by atoms with van der Waals surface area (Å²) in [5, 5.41) is 0. The molecule has 0 N–H and O–H groups in total. The van der Waals surface area contributed by atoms with Gasteiger partial charge in [-0.2, -0.15) is 21.6 Å². The van der Waals surface area contributed by atoms with Crippen molar-refractivity contribution in [3.8, 4) is 16.9 Å². The van der Waals surface area contributed by atoms with Gasteiger partial charge in [-0.25, -0.2) is 0 Å². The van der Waals surface area contributed by atoms with Crippen LogP contribution in [0.4, 0.5) is 13.2 Å². The molecule has 2 aromatic rings. The summed E-state index contributed by atoms with van der Waals surface area (Å²) in [6.07, 6.45) is 0. The van der Waals surface area contributed by atoms with Gasteiger partial charge in [-0.05, 0) is 46.4 Å². The Morgan fingerprint density at radius 1 is 0.952 bits per heavy atom. The van der Waals surface area contributed by atoms with Crippen molar-refractivity contribution in [3.63, 3.8) is 0 Å². The van der Waals surface area contributed by atoms with E-state index in [2.05, 4.69) is 26.8 Å². The summed E-state index contributed by atoms with van der Waals surface area (Å²) in [7, 11) is -5.69. The minimum Gasteiger partial charge on any atom is -0.375 e. The van der Waals surface area contributed by atoms with Gasteiger partial charge >= 0.3 is 15.6 Å². The standard InChI is InChI=1S/C13H8F3IO3S/c14-13(15,16)21(18,19)20-12-4-2-1-3-11(12)9-5-7-10(17)8-6-9/h1-8H. The monoisotopic (exact) mass is 428 g/mol. The van der Waals surface area contributed by atoms with Gasteiger partial charge in [-0.1, -0.05) is 30.3 Å². The average molecular weight is 428 g/mol. The predicted molar refractivity (Wildman–Crippen MR) is 80.2 cm³/mol. The first-order valence-electron chi connectivity index (χ1n) is 5.56. The van der Waals surface area contributed by atoms with E-state index in [1.54, 1.807) is 30.3 Å². The molecule has 2 aromatic carbocycles. The highest BCUT2D eigenvalue weighted by molar-refractivity contribution is 14.1. The van der Waals surface area contributed by atoms with Crippen molar-refractivity contribution in [3.05, 3.63) is 52.1 Å². The van der Waals surface area contributed by atoms with Crippen LogP contribution in [0.25, 0.3) is 11.1 Å². The van der Waals surface area contributed by atoms with Crippen LogP contribution in [0, 0.1) is 3.57 Å². The maximum absolute atomic E-state index is 12.4. The molecule has 0 aliphatic carbocycles. The average Bonchev–Trinajstić information content (AvgIpc) is 2.39. The Hall–Kier alpha value is -1.29. The minimum absolute atomic E-state index is 0.265. The normalized spacial score (nSPS) is 12.2. The van der Waals surface area contributed by atoms with Gasteiger partial charge in [-0.15, -0.1) is 0 Å². The Bertz CT molecular complexity index is 740. The van der Waals surface area contributed by atoms with Gasteiger partial charge in [0.1, 0.15) is 0 Å². The van der Waals surface area contributed by atoms with Gasteiger partial charge in [0.2, 0.25) is 0 Å². The molecule has 21 heavy (non-hydrogen) atoms. The first-order valence-corrected chi connectivity index (χ1v) is 8.05. The zero-order valence-electron chi connectivity index (χ0n) is 10.3. The molecule has 0 aliphatic heterocycles. The quantitative estimate of drug-likeness (QED) is 0.419. The van der Waals surface area contributed by atoms with Gasteiger partial charge in [0, 0.05) is 9.13 Å². The summed E-state index contributed by atoms with van der Waals surface area (Å²) in [6.45, 7) is 0. The van der Waals surface area contributed by atoms with E-state index in [1.165, 1.54) is 18.2 Å². The third-order valence-electron chi connectivity index (χ3n) is 2.53. The Labute approximate surface area is 133 Å². The first-order chi connectivity index (χ1) is 9.71. The van der Waals surface area contributed by atoms with Crippen molar-refractivity contribution in [1.82, 2.24) is 0 Å². The van der Waals surface area contributed by atoms with Crippen LogP contribution in [-0.2, 0) is 10.1 Å². The van der Waals surface area contributed by atoms with Crippen LogP contribution >= 0.6 is 22.6 Å². The molecule has 0 fully saturated rings. The Kier molecular flexibility index (Phi) is 4.47. The van der Waals surface area contributed by atoms with E-state index in [1.807, 2.05) is 0 Å². The van der Waals surface area contributed by atoms with Crippen LogP contribution in [0.3, 0.4) is 0 Å². The highest BCUT2D eigenvalue weighted by Crippen LogP contribution is 2.34. The Morgan fingerprint density at radius 2 is 1.52 bits per heavy atom. The maximum atomic E-state index is 12.4. The highest BCUT2D eigenvalue weighted by atomic mass is 127. The molecular formula is C13H8F3IO3S. The second-order valence-corrected chi connectivity index (χ2v) is 6.77. The molecule has 3 nitrogen and oxygen atoms in total. The van der Waals surface area contributed by atoms with Gasteiger partial charge < -0.3 is 4.18 Å². The zero-order chi connectivity index (χ0) is 15.7. The summed E-state index contributed by atoms with van der Waals surface area (Å²) in [5.41, 5.74) is -4.64. The molecule has 0 spiro atoms. The lowest BCUT2D eigenvalue weighted by Crippen LogP contribution is -2.28. The fourth-order valence-electron chi connectivity index (χ4n) is 1.57. The summed E-state index contributed by atoms with van der Waals surface area (Å²) in [5.74, 6) is -0.365. The molecule has 8 heteroatoms. The zero-order valence-corrected chi connectivity index (χ0v) is 13.2. The number of hydrogen-bond donors (Lipinski definition) is 0. The molecule has 2 rings (SSSR count). The van der Waals surface area contributed by atoms with Gasteiger partial charge in [0.15, 0.2) is 5.75 Å². The van der Waals surface area contributed by atoms with Crippen LogP contribution in [0.15, 0.2) is 48.5 Å². The molecule has 0 heterocycles. The SMILES string of the molecule is O=S(=O)(Oc1ccccc1-c1ccc(I)cc1)C(F)(F)F. The molecule has 0 amide bonds. The van der Waals surface area contributed by atoms with Crippen molar-refractivity contribution < 1.29 is 25.8 Å². The summed E-state index contributed by atoms with van der Waals surface area (Å²) < 4.78 is 64.6. The lowest BCUT2D eigenvalue weighted by Gasteiger charge is -2.13. The van der Waals surface area contributed by atoms with E-state index < -0.39 is 15.6 Å². The van der Waals surface area contributed by atoms with Crippen LogP contribution < -0.4 is 4.18 Å². The molecule has 0 bridgehead atoms. The lowest BCUT2D eigenvalue weighted by molar-refractivity contribution is -0.0499. The van der Waals surface area contributed by atoms with Crippen molar-refractivity contribution in [2.45, 2.75) is 5.51 Å².